The molecule has 1 aromatic rings. The van der Waals surface area contributed by atoms with Gasteiger partial charge in [-0.15, -0.1) is 0 Å². The van der Waals surface area contributed by atoms with E-state index in [-0.39, 0.29) is 6.03 Å². The highest BCUT2D eigenvalue weighted by atomic mass is 16.3. The van der Waals surface area contributed by atoms with Gasteiger partial charge in [-0.2, -0.15) is 0 Å². The summed E-state index contributed by atoms with van der Waals surface area (Å²) < 4.78 is 5.20. The summed E-state index contributed by atoms with van der Waals surface area (Å²) >= 11 is 0. The van der Waals surface area contributed by atoms with Crippen molar-refractivity contribution in [2.75, 3.05) is 7.05 Å². The summed E-state index contributed by atoms with van der Waals surface area (Å²) in [5.74, 6) is 0.878. The lowest BCUT2D eigenvalue weighted by atomic mass is 9.93. The van der Waals surface area contributed by atoms with Crippen LogP contribution in [0.2, 0.25) is 0 Å². The lowest BCUT2D eigenvalue weighted by molar-refractivity contribution is 0.194. The van der Waals surface area contributed by atoms with Crippen LogP contribution in [0.1, 0.15) is 30.6 Å². The van der Waals surface area contributed by atoms with Crippen molar-refractivity contribution in [3.8, 4) is 0 Å². The van der Waals surface area contributed by atoms with E-state index >= 15 is 0 Å². The molecule has 1 heterocycles. The lowest BCUT2D eigenvalue weighted by Gasteiger charge is -2.29. The Bertz CT molecular complexity index is 369. The van der Waals surface area contributed by atoms with Crippen LogP contribution >= 0.6 is 0 Å². The van der Waals surface area contributed by atoms with Crippen LogP contribution in [0.15, 0.2) is 16.7 Å². The zero-order valence-corrected chi connectivity index (χ0v) is 9.82. The van der Waals surface area contributed by atoms with Gasteiger partial charge >= 0.3 is 6.03 Å². The van der Waals surface area contributed by atoms with Crippen molar-refractivity contribution in [1.82, 2.24) is 10.2 Å². The molecule has 0 atom stereocenters. The molecule has 0 aromatic carbocycles. The van der Waals surface area contributed by atoms with E-state index in [1.807, 2.05) is 13.0 Å². The molecule has 0 unspecified atom stereocenters. The first-order valence-electron chi connectivity index (χ1n) is 5.71. The lowest BCUT2D eigenvalue weighted by Crippen LogP contribution is -2.45. The molecule has 0 bridgehead atoms. The van der Waals surface area contributed by atoms with Crippen LogP contribution in [0, 0.1) is 6.92 Å². The molecule has 2 amide bonds. The second-order valence-corrected chi connectivity index (χ2v) is 4.44. The van der Waals surface area contributed by atoms with E-state index in [1.165, 1.54) is 6.42 Å². The first-order valence-corrected chi connectivity index (χ1v) is 5.71. The molecule has 1 aliphatic carbocycles. The molecule has 0 aliphatic heterocycles. The molecule has 16 heavy (non-hydrogen) atoms. The second kappa shape index (κ2) is 4.60. The number of nitrogens with one attached hydrogen (secondary N) is 1. The van der Waals surface area contributed by atoms with Crippen molar-refractivity contribution in [2.24, 2.45) is 0 Å². The summed E-state index contributed by atoms with van der Waals surface area (Å²) in [7, 11) is 1.81. The summed E-state index contributed by atoms with van der Waals surface area (Å²) in [6.07, 6.45) is 5.12. The standard InChI is InChI=1S/C12H18N2O2/c1-9-10(6-7-16-9)8-14(2)12(15)13-11-4-3-5-11/h6-7,11H,3-5,8H2,1-2H3,(H,13,15). The third kappa shape index (κ3) is 2.38. The number of urea groups is 1. The Morgan fingerprint density at radius 2 is 2.38 bits per heavy atom. The molecule has 88 valence electrons. The predicted octanol–water partition coefficient (Wildman–Crippen LogP) is 2.28. The zero-order valence-electron chi connectivity index (χ0n) is 9.82. The Hall–Kier alpha value is -1.45. The summed E-state index contributed by atoms with van der Waals surface area (Å²) in [6, 6.07) is 2.30. The van der Waals surface area contributed by atoms with Gasteiger partial charge in [-0.25, -0.2) is 4.79 Å². The van der Waals surface area contributed by atoms with Gasteiger partial charge in [-0.05, 0) is 32.3 Å². The first-order chi connectivity index (χ1) is 7.66. The van der Waals surface area contributed by atoms with Gasteiger partial charge in [0.1, 0.15) is 5.76 Å². The van der Waals surface area contributed by atoms with Crippen molar-refractivity contribution in [1.29, 1.82) is 0 Å². The molecule has 1 aliphatic rings. The maximum absolute atomic E-state index is 11.8. The maximum Gasteiger partial charge on any atom is 0.317 e. The highest BCUT2D eigenvalue weighted by Crippen LogP contribution is 2.18. The van der Waals surface area contributed by atoms with E-state index < -0.39 is 0 Å². The number of hydrogen-bond acceptors (Lipinski definition) is 2. The largest absolute Gasteiger partial charge is 0.469 e. The molecule has 0 spiro atoms. The van der Waals surface area contributed by atoms with E-state index in [0.717, 1.165) is 24.2 Å². The molecule has 0 radical (unpaired) electrons. The number of furan rings is 1. The highest BCUT2D eigenvalue weighted by Gasteiger charge is 2.21. The predicted molar refractivity (Wildman–Crippen MR) is 61.1 cm³/mol. The molecule has 1 fully saturated rings. The molecule has 2 rings (SSSR count). The van der Waals surface area contributed by atoms with E-state index in [1.54, 1.807) is 18.2 Å². The molecular formula is C12H18N2O2. The van der Waals surface area contributed by atoms with Crippen LogP contribution in [0.25, 0.3) is 0 Å². The Kier molecular flexibility index (Phi) is 3.17. The van der Waals surface area contributed by atoms with E-state index in [9.17, 15) is 4.79 Å². The molecule has 1 N–H and O–H groups in total. The van der Waals surface area contributed by atoms with Gasteiger partial charge in [-0.1, -0.05) is 0 Å². The Labute approximate surface area is 95.6 Å². The average molecular weight is 222 g/mol. The van der Waals surface area contributed by atoms with Crippen molar-refractivity contribution < 1.29 is 9.21 Å². The molecule has 1 aromatic heterocycles. The minimum Gasteiger partial charge on any atom is -0.469 e. The van der Waals surface area contributed by atoms with E-state index in [2.05, 4.69) is 5.32 Å². The fourth-order valence-corrected chi connectivity index (χ4v) is 1.74. The maximum atomic E-state index is 11.8. The van der Waals surface area contributed by atoms with Crippen LogP contribution in [-0.4, -0.2) is 24.0 Å². The van der Waals surface area contributed by atoms with Crippen molar-refractivity contribution in [2.45, 2.75) is 38.8 Å². The number of nitrogens with zero attached hydrogens (tertiary/aromatic N) is 1. The first kappa shape index (κ1) is 11.0. The van der Waals surface area contributed by atoms with E-state index in [4.69, 9.17) is 4.42 Å². The van der Waals surface area contributed by atoms with Gasteiger partial charge in [-0.3, -0.25) is 0 Å². The normalized spacial score (nSPS) is 15.6. The van der Waals surface area contributed by atoms with Crippen molar-refractivity contribution >= 4 is 6.03 Å². The smallest absolute Gasteiger partial charge is 0.317 e. The summed E-state index contributed by atoms with van der Waals surface area (Å²) in [4.78, 5) is 13.5. The average Bonchev–Trinajstić information content (AvgIpc) is 2.58. The van der Waals surface area contributed by atoms with Gasteiger partial charge in [0.25, 0.3) is 0 Å². The Morgan fingerprint density at radius 1 is 1.62 bits per heavy atom. The van der Waals surface area contributed by atoms with Crippen LogP contribution in [0.5, 0.6) is 0 Å². The highest BCUT2D eigenvalue weighted by molar-refractivity contribution is 5.74. The number of amides is 2. The third-order valence-corrected chi connectivity index (χ3v) is 3.15. The Balaban J connectivity index is 1.84. The molecular weight excluding hydrogens is 204 g/mol. The summed E-state index contributed by atoms with van der Waals surface area (Å²) in [5, 5.41) is 3.00. The molecule has 0 saturated heterocycles. The molecule has 4 heteroatoms. The van der Waals surface area contributed by atoms with Crippen molar-refractivity contribution in [3.63, 3.8) is 0 Å². The van der Waals surface area contributed by atoms with E-state index in [0.29, 0.717) is 12.6 Å². The minimum absolute atomic E-state index is 0.00491. The van der Waals surface area contributed by atoms with Crippen molar-refractivity contribution in [3.05, 3.63) is 23.7 Å². The van der Waals surface area contributed by atoms with Crippen LogP contribution in [-0.2, 0) is 6.54 Å². The minimum atomic E-state index is 0.00491. The van der Waals surface area contributed by atoms with Gasteiger partial charge < -0.3 is 14.6 Å². The van der Waals surface area contributed by atoms with Gasteiger partial charge in [0.2, 0.25) is 0 Å². The SMILES string of the molecule is Cc1occc1CN(C)C(=O)NC1CCC1. The number of rotatable bonds is 3. The van der Waals surface area contributed by atoms with Crippen LogP contribution in [0.4, 0.5) is 4.79 Å². The van der Waals surface area contributed by atoms with Gasteiger partial charge in [0, 0.05) is 18.7 Å². The van der Waals surface area contributed by atoms with Crippen LogP contribution < -0.4 is 5.32 Å². The van der Waals surface area contributed by atoms with Crippen LogP contribution in [0.3, 0.4) is 0 Å². The fourth-order valence-electron chi connectivity index (χ4n) is 1.74. The summed E-state index contributed by atoms with van der Waals surface area (Å²) in [5.41, 5.74) is 1.06. The number of carbonyl (C=O) groups is 1. The number of carbonyl (C=O) groups excluding carboxylic acids is 1. The fraction of sp³-hybridized carbons (Fsp3) is 0.583. The quantitative estimate of drug-likeness (QED) is 0.852. The molecule has 1 saturated carbocycles. The zero-order chi connectivity index (χ0) is 11.5. The summed E-state index contributed by atoms with van der Waals surface area (Å²) in [6.45, 7) is 2.51. The number of hydrogen-bond donors (Lipinski definition) is 1. The second-order valence-electron chi connectivity index (χ2n) is 4.44. The third-order valence-electron chi connectivity index (χ3n) is 3.15. The topological polar surface area (TPSA) is 45.5 Å². The Morgan fingerprint density at radius 3 is 2.88 bits per heavy atom. The molecule has 4 nitrogen and oxygen atoms in total. The monoisotopic (exact) mass is 222 g/mol. The van der Waals surface area contributed by atoms with Gasteiger partial charge in [0.05, 0.1) is 12.8 Å². The number of aryl methyl sites for hydroxylation is 1. The van der Waals surface area contributed by atoms with Gasteiger partial charge in [0.15, 0.2) is 0 Å².